The summed E-state index contributed by atoms with van der Waals surface area (Å²) in [6, 6.07) is 9.81. The molecule has 1 aromatic carbocycles. The fraction of sp³-hybridized carbons (Fsp3) is 0.412. The highest BCUT2D eigenvalue weighted by Crippen LogP contribution is 2.11. The molecule has 2 aromatic rings. The molecule has 0 saturated carbocycles. The average molecular weight is 314 g/mol. The highest BCUT2D eigenvalue weighted by atomic mass is 16.5. The third-order valence-corrected chi connectivity index (χ3v) is 3.96. The van der Waals surface area contributed by atoms with Crippen LogP contribution >= 0.6 is 0 Å². The Bertz CT molecular complexity index is 621. The van der Waals surface area contributed by atoms with E-state index >= 15 is 0 Å². The molecule has 0 bridgehead atoms. The molecule has 0 radical (unpaired) electrons. The lowest BCUT2D eigenvalue weighted by Gasteiger charge is -2.13. The first-order valence-electron chi connectivity index (χ1n) is 7.99. The van der Waals surface area contributed by atoms with Crippen molar-refractivity contribution in [1.82, 2.24) is 20.4 Å². The van der Waals surface area contributed by atoms with Crippen LogP contribution in [-0.4, -0.2) is 35.1 Å². The topological polar surface area (TPSA) is 68.2 Å². The van der Waals surface area contributed by atoms with Crippen molar-refractivity contribution in [3.05, 3.63) is 53.9 Å². The van der Waals surface area contributed by atoms with Gasteiger partial charge in [-0.1, -0.05) is 24.3 Å². The Labute approximate surface area is 135 Å². The second kappa shape index (κ2) is 7.78. The van der Waals surface area contributed by atoms with Crippen LogP contribution < -0.4 is 10.6 Å². The summed E-state index contributed by atoms with van der Waals surface area (Å²) < 4.78 is 7.36. The Morgan fingerprint density at radius 2 is 2.13 bits per heavy atom. The summed E-state index contributed by atoms with van der Waals surface area (Å²) in [6.07, 6.45) is 5.95. The van der Waals surface area contributed by atoms with Crippen molar-refractivity contribution in [3.8, 4) is 0 Å². The van der Waals surface area contributed by atoms with Crippen molar-refractivity contribution < 1.29 is 9.53 Å². The number of rotatable bonds is 6. The van der Waals surface area contributed by atoms with Gasteiger partial charge in [-0.05, 0) is 30.0 Å². The molecule has 1 atom stereocenters. The third-order valence-electron chi connectivity index (χ3n) is 3.96. The van der Waals surface area contributed by atoms with Crippen LogP contribution in [0.2, 0.25) is 0 Å². The molecule has 2 heterocycles. The Hall–Kier alpha value is -2.34. The average Bonchev–Trinajstić information content (AvgIpc) is 3.25. The highest BCUT2D eigenvalue weighted by molar-refractivity contribution is 5.73. The zero-order valence-electron chi connectivity index (χ0n) is 13.1. The maximum absolute atomic E-state index is 11.9. The van der Waals surface area contributed by atoms with Crippen LogP contribution in [0.4, 0.5) is 4.79 Å². The molecule has 1 aliphatic rings. The molecule has 1 saturated heterocycles. The van der Waals surface area contributed by atoms with Gasteiger partial charge in [-0.2, -0.15) is 5.10 Å². The fourth-order valence-electron chi connectivity index (χ4n) is 2.70. The Kier molecular flexibility index (Phi) is 5.26. The van der Waals surface area contributed by atoms with Gasteiger partial charge in [0.15, 0.2) is 0 Å². The SMILES string of the molecule is O=C(NCc1ccccc1Cn1cccn1)NC[C@H]1CCCO1. The van der Waals surface area contributed by atoms with Crippen molar-refractivity contribution >= 4 is 6.03 Å². The van der Waals surface area contributed by atoms with Gasteiger partial charge in [0, 0.05) is 32.1 Å². The number of urea groups is 1. The first kappa shape index (κ1) is 15.6. The predicted molar refractivity (Wildman–Crippen MR) is 87.0 cm³/mol. The van der Waals surface area contributed by atoms with Crippen molar-refractivity contribution in [2.24, 2.45) is 0 Å². The minimum absolute atomic E-state index is 0.158. The van der Waals surface area contributed by atoms with Gasteiger partial charge in [0.25, 0.3) is 0 Å². The molecule has 122 valence electrons. The Morgan fingerprint density at radius 1 is 1.26 bits per heavy atom. The summed E-state index contributed by atoms with van der Waals surface area (Å²) in [5.41, 5.74) is 2.24. The smallest absolute Gasteiger partial charge is 0.315 e. The van der Waals surface area contributed by atoms with Crippen LogP contribution in [0.3, 0.4) is 0 Å². The summed E-state index contributed by atoms with van der Waals surface area (Å²) in [7, 11) is 0. The molecule has 6 nitrogen and oxygen atoms in total. The minimum atomic E-state index is -0.158. The van der Waals surface area contributed by atoms with Crippen LogP contribution in [-0.2, 0) is 17.8 Å². The van der Waals surface area contributed by atoms with Crippen LogP contribution in [0, 0.1) is 0 Å². The van der Waals surface area contributed by atoms with Gasteiger partial charge >= 0.3 is 6.03 Å². The number of benzene rings is 1. The zero-order chi connectivity index (χ0) is 15.9. The molecule has 6 heteroatoms. The quantitative estimate of drug-likeness (QED) is 0.856. The molecule has 2 N–H and O–H groups in total. The second-order valence-electron chi connectivity index (χ2n) is 5.67. The number of hydrogen-bond donors (Lipinski definition) is 2. The molecule has 1 aliphatic heterocycles. The van der Waals surface area contributed by atoms with E-state index in [1.807, 2.05) is 35.1 Å². The monoisotopic (exact) mass is 314 g/mol. The number of ether oxygens (including phenoxy) is 1. The first-order chi connectivity index (χ1) is 11.3. The Morgan fingerprint density at radius 3 is 2.87 bits per heavy atom. The van der Waals surface area contributed by atoms with Crippen molar-refractivity contribution in [2.45, 2.75) is 32.0 Å². The van der Waals surface area contributed by atoms with Crippen LogP contribution in [0.1, 0.15) is 24.0 Å². The molecule has 1 fully saturated rings. The summed E-state index contributed by atoms with van der Waals surface area (Å²) in [5.74, 6) is 0. The number of nitrogens with zero attached hydrogens (tertiary/aromatic N) is 2. The maximum Gasteiger partial charge on any atom is 0.315 e. The highest BCUT2D eigenvalue weighted by Gasteiger charge is 2.16. The van der Waals surface area contributed by atoms with Gasteiger partial charge in [-0.3, -0.25) is 4.68 Å². The number of carbonyl (C=O) groups is 1. The van der Waals surface area contributed by atoms with E-state index in [9.17, 15) is 4.79 Å². The largest absolute Gasteiger partial charge is 0.376 e. The van der Waals surface area contributed by atoms with Crippen molar-refractivity contribution in [1.29, 1.82) is 0 Å². The predicted octanol–water partition coefficient (Wildman–Crippen LogP) is 1.91. The van der Waals surface area contributed by atoms with E-state index in [1.165, 1.54) is 0 Å². The van der Waals surface area contributed by atoms with E-state index in [4.69, 9.17) is 4.74 Å². The van der Waals surface area contributed by atoms with E-state index in [0.717, 1.165) is 30.6 Å². The Balaban J connectivity index is 1.50. The summed E-state index contributed by atoms with van der Waals surface area (Å²) in [4.78, 5) is 11.9. The summed E-state index contributed by atoms with van der Waals surface area (Å²) in [6.45, 7) is 2.56. The van der Waals surface area contributed by atoms with Crippen LogP contribution in [0.5, 0.6) is 0 Å². The van der Waals surface area contributed by atoms with Crippen LogP contribution in [0.15, 0.2) is 42.7 Å². The number of nitrogens with one attached hydrogen (secondary N) is 2. The molecular weight excluding hydrogens is 292 g/mol. The van der Waals surface area contributed by atoms with Crippen molar-refractivity contribution in [3.63, 3.8) is 0 Å². The molecule has 23 heavy (non-hydrogen) atoms. The molecule has 0 aliphatic carbocycles. The van der Waals surface area contributed by atoms with E-state index in [-0.39, 0.29) is 12.1 Å². The number of carbonyl (C=O) groups excluding carboxylic acids is 1. The molecule has 2 amide bonds. The summed E-state index contributed by atoms with van der Waals surface area (Å²) >= 11 is 0. The van der Waals surface area contributed by atoms with Crippen molar-refractivity contribution in [2.75, 3.05) is 13.2 Å². The van der Waals surface area contributed by atoms with E-state index in [1.54, 1.807) is 6.20 Å². The lowest BCUT2D eigenvalue weighted by molar-refractivity contribution is 0.111. The summed E-state index contributed by atoms with van der Waals surface area (Å²) in [5, 5.41) is 10.00. The van der Waals surface area contributed by atoms with Gasteiger partial charge in [-0.25, -0.2) is 4.79 Å². The van der Waals surface area contributed by atoms with E-state index in [2.05, 4.69) is 21.8 Å². The van der Waals surface area contributed by atoms with E-state index in [0.29, 0.717) is 19.6 Å². The number of amides is 2. The van der Waals surface area contributed by atoms with Gasteiger partial charge < -0.3 is 15.4 Å². The first-order valence-corrected chi connectivity index (χ1v) is 7.99. The molecule has 0 unspecified atom stereocenters. The fourth-order valence-corrected chi connectivity index (χ4v) is 2.70. The number of aromatic nitrogens is 2. The molecule has 3 rings (SSSR count). The molecule has 1 aromatic heterocycles. The standard InChI is InChI=1S/C17H22N4O2/c22-17(19-12-16-7-3-10-23-16)18-11-14-5-1-2-6-15(14)13-21-9-4-8-20-21/h1-2,4-6,8-9,16H,3,7,10-13H2,(H2,18,19,22)/t16-/m1/s1. The van der Waals surface area contributed by atoms with Gasteiger partial charge in [0.2, 0.25) is 0 Å². The third kappa shape index (κ3) is 4.56. The minimum Gasteiger partial charge on any atom is -0.376 e. The van der Waals surface area contributed by atoms with E-state index < -0.39 is 0 Å². The normalized spacial score (nSPS) is 17.1. The zero-order valence-corrected chi connectivity index (χ0v) is 13.1. The van der Waals surface area contributed by atoms with Gasteiger partial charge in [0.1, 0.15) is 0 Å². The number of hydrogen-bond acceptors (Lipinski definition) is 3. The maximum atomic E-state index is 11.9. The second-order valence-corrected chi connectivity index (χ2v) is 5.67. The van der Waals surface area contributed by atoms with Gasteiger partial charge in [-0.15, -0.1) is 0 Å². The molecular formula is C17H22N4O2. The molecule has 0 spiro atoms. The van der Waals surface area contributed by atoms with Crippen LogP contribution in [0.25, 0.3) is 0 Å². The lowest BCUT2D eigenvalue weighted by Crippen LogP contribution is -2.39. The van der Waals surface area contributed by atoms with Gasteiger partial charge in [0.05, 0.1) is 12.6 Å². The lowest BCUT2D eigenvalue weighted by atomic mass is 10.1.